The maximum atomic E-state index is 12.0. The van der Waals surface area contributed by atoms with Crippen LogP contribution in [0.4, 0.5) is 0 Å². The van der Waals surface area contributed by atoms with Gasteiger partial charge in [-0.15, -0.1) is 0 Å². The van der Waals surface area contributed by atoms with E-state index in [-0.39, 0.29) is 17.9 Å². The van der Waals surface area contributed by atoms with Gasteiger partial charge in [0.1, 0.15) is 16.9 Å². The SMILES string of the molecule is CC(C)C(=O)N1CCCC(Oc2ccncc2Cl)C1. The molecule has 1 amide bonds. The number of piperidine rings is 1. The number of ether oxygens (including phenoxy) is 1. The van der Waals surface area contributed by atoms with E-state index in [1.807, 2.05) is 18.7 Å². The van der Waals surface area contributed by atoms with Crippen LogP contribution in [0.25, 0.3) is 0 Å². The van der Waals surface area contributed by atoms with E-state index in [4.69, 9.17) is 16.3 Å². The maximum absolute atomic E-state index is 12.0. The van der Waals surface area contributed by atoms with Gasteiger partial charge < -0.3 is 9.64 Å². The third-order valence-corrected chi connectivity index (χ3v) is 3.50. The first kappa shape index (κ1) is 14.1. The van der Waals surface area contributed by atoms with Gasteiger partial charge >= 0.3 is 0 Å². The first-order valence-corrected chi connectivity index (χ1v) is 7.00. The molecule has 1 atom stereocenters. The van der Waals surface area contributed by atoms with Gasteiger partial charge in [0.2, 0.25) is 5.91 Å². The summed E-state index contributed by atoms with van der Waals surface area (Å²) in [6.45, 7) is 5.30. The van der Waals surface area contributed by atoms with Crippen LogP contribution in [-0.4, -0.2) is 35.0 Å². The van der Waals surface area contributed by atoms with Crippen molar-refractivity contribution < 1.29 is 9.53 Å². The fourth-order valence-electron chi connectivity index (χ4n) is 2.24. The highest BCUT2D eigenvalue weighted by Gasteiger charge is 2.26. The molecular weight excluding hydrogens is 264 g/mol. The molecule has 5 heteroatoms. The number of amides is 1. The van der Waals surface area contributed by atoms with Crippen LogP contribution >= 0.6 is 11.6 Å². The summed E-state index contributed by atoms with van der Waals surface area (Å²) in [7, 11) is 0. The minimum atomic E-state index is 0.0105. The Labute approximate surface area is 118 Å². The number of aromatic nitrogens is 1. The fourth-order valence-corrected chi connectivity index (χ4v) is 2.40. The second kappa shape index (κ2) is 6.24. The first-order chi connectivity index (χ1) is 9.08. The number of nitrogens with zero attached hydrogens (tertiary/aromatic N) is 2. The van der Waals surface area contributed by atoms with Crippen LogP contribution in [0.5, 0.6) is 5.75 Å². The number of hydrogen-bond donors (Lipinski definition) is 0. The van der Waals surface area contributed by atoms with Crippen molar-refractivity contribution in [2.24, 2.45) is 5.92 Å². The van der Waals surface area contributed by atoms with Crippen molar-refractivity contribution in [3.05, 3.63) is 23.5 Å². The largest absolute Gasteiger partial charge is 0.487 e. The Bertz CT molecular complexity index is 451. The van der Waals surface area contributed by atoms with Gasteiger partial charge in [-0.1, -0.05) is 25.4 Å². The van der Waals surface area contributed by atoms with E-state index in [0.717, 1.165) is 19.4 Å². The standard InChI is InChI=1S/C14H19ClN2O2/c1-10(2)14(18)17-7-3-4-11(9-17)19-13-5-6-16-8-12(13)15/h5-6,8,10-11H,3-4,7,9H2,1-2H3. The number of pyridine rings is 1. The average Bonchev–Trinajstić information content (AvgIpc) is 2.41. The molecule has 104 valence electrons. The lowest BCUT2D eigenvalue weighted by Crippen LogP contribution is -2.45. The number of carbonyl (C=O) groups excluding carboxylic acids is 1. The zero-order valence-electron chi connectivity index (χ0n) is 11.3. The van der Waals surface area contributed by atoms with Crippen molar-refractivity contribution >= 4 is 17.5 Å². The molecule has 1 unspecified atom stereocenters. The summed E-state index contributed by atoms with van der Waals surface area (Å²) < 4.78 is 5.88. The number of hydrogen-bond acceptors (Lipinski definition) is 3. The monoisotopic (exact) mass is 282 g/mol. The van der Waals surface area contributed by atoms with Crippen LogP contribution in [0.3, 0.4) is 0 Å². The molecule has 2 rings (SSSR count). The van der Waals surface area contributed by atoms with Crippen LogP contribution in [0.1, 0.15) is 26.7 Å². The summed E-state index contributed by atoms with van der Waals surface area (Å²) >= 11 is 6.02. The van der Waals surface area contributed by atoms with Gasteiger partial charge in [0.25, 0.3) is 0 Å². The molecule has 4 nitrogen and oxygen atoms in total. The Balaban J connectivity index is 1.98. The van der Waals surface area contributed by atoms with Gasteiger partial charge in [-0.2, -0.15) is 0 Å². The lowest BCUT2D eigenvalue weighted by atomic mass is 10.1. The lowest BCUT2D eigenvalue weighted by Gasteiger charge is -2.34. The molecule has 0 radical (unpaired) electrons. The van der Waals surface area contributed by atoms with Gasteiger partial charge in [-0.3, -0.25) is 9.78 Å². The fraction of sp³-hybridized carbons (Fsp3) is 0.571. The second-order valence-corrected chi connectivity index (χ2v) is 5.53. The van der Waals surface area contributed by atoms with E-state index < -0.39 is 0 Å². The molecule has 1 aromatic heterocycles. The van der Waals surface area contributed by atoms with E-state index in [1.165, 1.54) is 0 Å². The van der Waals surface area contributed by atoms with Gasteiger partial charge in [0.05, 0.1) is 6.54 Å². The van der Waals surface area contributed by atoms with Gasteiger partial charge in [0.15, 0.2) is 0 Å². The van der Waals surface area contributed by atoms with Crippen molar-refractivity contribution in [2.75, 3.05) is 13.1 Å². The van der Waals surface area contributed by atoms with E-state index in [9.17, 15) is 4.79 Å². The molecule has 1 aromatic rings. The number of carbonyl (C=O) groups is 1. The summed E-state index contributed by atoms with van der Waals surface area (Å²) in [5, 5.41) is 0.509. The maximum Gasteiger partial charge on any atom is 0.225 e. The van der Waals surface area contributed by atoms with Crippen molar-refractivity contribution in [1.82, 2.24) is 9.88 Å². The summed E-state index contributed by atoms with van der Waals surface area (Å²) in [5.74, 6) is 0.859. The van der Waals surface area contributed by atoms with Crippen LogP contribution in [0.2, 0.25) is 5.02 Å². The van der Waals surface area contributed by atoms with Crippen LogP contribution in [0, 0.1) is 5.92 Å². The molecule has 1 saturated heterocycles. The smallest absolute Gasteiger partial charge is 0.225 e. The summed E-state index contributed by atoms with van der Waals surface area (Å²) in [6.07, 6.45) is 5.14. The Hall–Kier alpha value is -1.29. The van der Waals surface area contributed by atoms with Crippen molar-refractivity contribution in [1.29, 1.82) is 0 Å². The molecule has 0 bridgehead atoms. The zero-order valence-corrected chi connectivity index (χ0v) is 12.1. The zero-order chi connectivity index (χ0) is 13.8. The highest BCUT2D eigenvalue weighted by atomic mass is 35.5. The molecular formula is C14H19ClN2O2. The Morgan fingerprint density at radius 2 is 2.37 bits per heavy atom. The third-order valence-electron chi connectivity index (χ3n) is 3.21. The molecule has 1 aliphatic heterocycles. The molecule has 19 heavy (non-hydrogen) atoms. The summed E-state index contributed by atoms with van der Waals surface area (Å²) in [4.78, 5) is 17.8. The van der Waals surface area contributed by atoms with Crippen molar-refractivity contribution in [3.8, 4) is 5.75 Å². The molecule has 2 heterocycles. The van der Waals surface area contributed by atoms with Crippen molar-refractivity contribution in [3.63, 3.8) is 0 Å². The van der Waals surface area contributed by atoms with E-state index in [0.29, 0.717) is 17.3 Å². The van der Waals surface area contributed by atoms with Crippen LogP contribution < -0.4 is 4.74 Å². The van der Waals surface area contributed by atoms with Gasteiger partial charge in [0, 0.05) is 30.9 Å². The Morgan fingerprint density at radius 3 is 3.05 bits per heavy atom. The highest BCUT2D eigenvalue weighted by Crippen LogP contribution is 2.25. The summed E-state index contributed by atoms with van der Waals surface area (Å²) in [5.41, 5.74) is 0. The van der Waals surface area contributed by atoms with Gasteiger partial charge in [-0.05, 0) is 12.8 Å². The Morgan fingerprint density at radius 1 is 1.58 bits per heavy atom. The number of likely N-dealkylation sites (tertiary alicyclic amines) is 1. The molecule has 0 aromatic carbocycles. The lowest BCUT2D eigenvalue weighted by molar-refractivity contribution is -0.137. The molecule has 1 aliphatic rings. The third kappa shape index (κ3) is 3.60. The number of halogens is 1. The topological polar surface area (TPSA) is 42.4 Å². The van der Waals surface area contributed by atoms with Crippen molar-refractivity contribution in [2.45, 2.75) is 32.8 Å². The quantitative estimate of drug-likeness (QED) is 0.856. The molecule has 0 aliphatic carbocycles. The minimum Gasteiger partial charge on any atom is -0.487 e. The molecule has 1 fully saturated rings. The predicted molar refractivity (Wildman–Crippen MR) is 74.3 cm³/mol. The molecule has 0 N–H and O–H groups in total. The predicted octanol–water partition coefficient (Wildman–Crippen LogP) is 2.76. The normalized spacial score (nSPS) is 19.6. The number of rotatable bonds is 3. The average molecular weight is 283 g/mol. The first-order valence-electron chi connectivity index (χ1n) is 6.63. The molecule has 0 spiro atoms. The highest BCUT2D eigenvalue weighted by molar-refractivity contribution is 6.31. The van der Waals surface area contributed by atoms with Gasteiger partial charge in [-0.25, -0.2) is 0 Å². The van der Waals surface area contributed by atoms with E-state index in [2.05, 4.69) is 4.98 Å². The summed E-state index contributed by atoms with van der Waals surface area (Å²) in [6, 6.07) is 1.76. The molecule has 0 saturated carbocycles. The second-order valence-electron chi connectivity index (χ2n) is 5.13. The Kier molecular flexibility index (Phi) is 4.64. The minimum absolute atomic E-state index is 0.0105. The van der Waals surface area contributed by atoms with Crippen LogP contribution in [0.15, 0.2) is 18.5 Å². The van der Waals surface area contributed by atoms with E-state index in [1.54, 1.807) is 18.5 Å². The van der Waals surface area contributed by atoms with E-state index >= 15 is 0 Å². The van der Waals surface area contributed by atoms with Crippen LogP contribution in [-0.2, 0) is 4.79 Å².